The second-order valence-electron chi connectivity index (χ2n) is 8.99. The monoisotopic (exact) mass is 544 g/mol. The summed E-state index contributed by atoms with van der Waals surface area (Å²) in [7, 11) is 0. The molecule has 0 aromatic heterocycles. The minimum atomic E-state index is -1.31. The van der Waals surface area contributed by atoms with Crippen molar-refractivity contribution in [2.24, 2.45) is 0 Å². The van der Waals surface area contributed by atoms with Crippen molar-refractivity contribution in [2.45, 2.75) is 12.8 Å². The molecular weight excluding hydrogens is 524 g/mol. The highest BCUT2D eigenvalue weighted by molar-refractivity contribution is 6.36. The van der Waals surface area contributed by atoms with Gasteiger partial charge in [0, 0.05) is 13.2 Å². The first-order chi connectivity index (χ1) is 19.1. The van der Waals surface area contributed by atoms with E-state index in [0.717, 1.165) is 9.80 Å². The lowest BCUT2D eigenvalue weighted by Gasteiger charge is -2.18. The molecule has 12 nitrogen and oxygen atoms in total. The van der Waals surface area contributed by atoms with Gasteiger partial charge in [-0.15, -0.1) is 0 Å². The second kappa shape index (κ2) is 9.84. The summed E-state index contributed by atoms with van der Waals surface area (Å²) in [6.45, 7) is -0.887. The number of anilines is 2. The van der Waals surface area contributed by atoms with Gasteiger partial charge in [-0.1, -0.05) is 0 Å². The largest absolute Gasteiger partial charge is 0.478 e. The molecule has 3 aromatic rings. The number of hydrogen-bond acceptors (Lipinski definition) is 8. The fraction of sp³-hybridized carbons (Fsp3) is 0.143. The predicted molar refractivity (Wildman–Crippen MR) is 137 cm³/mol. The maximum atomic E-state index is 13.3. The summed E-state index contributed by atoms with van der Waals surface area (Å²) in [6, 6.07) is 10.2. The summed E-state index contributed by atoms with van der Waals surface area (Å²) in [5.74, 6) is -5.61. The molecule has 0 radical (unpaired) electrons. The molecule has 2 aliphatic heterocycles. The minimum Gasteiger partial charge on any atom is -0.478 e. The van der Waals surface area contributed by atoms with Crippen molar-refractivity contribution in [1.29, 1.82) is 0 Å². The average Bonchev–Trinajstić information content (AvgIpc) is 3.33. The third-order valence-electron chi connectivity index (χ3n) is 6.88. The molecule has 0 atom stereocenters. The Kier molecular flexibility index (Phi) is 6.49. The van der Waals surface area contributed by atoms with Gasteiger partial charge >= 0.3 is 11.9 Å². The predicted octanol–water partition coefficient (Wildman–Crippen LogP) is 1.75. The number of nitrogens with zero attached hydrogens (tertiary/aromatic N) is 2. The molecule has 0 saturated heterocycles. The normalized spacial score (nSPS) is 14.2. The van der Waals surface area contributed by atoms with Crippen LogP contribution in [-0.2, 0) is 12.8 Å². The highest BCUT2D eigenvalue weighted by atomic mass is 16.4. The SMILES string of the molecule is O=C(O)c1ccc2c(c1CCO)C(=O)N(c1ccc(N3C(=O)c4ccc(C(=O)O)c(CCO)c4C3=O)cc1)C2=O. The molecule has 2 heterocycles. The fourth-order valence-electron chi connectivity index (χ4n) is 5.15. The highest BCUT2D eigenvalue weighted by Crippen LogP contribution is 2.36. The van der Waals surface area contributed by atoms with Crippen LogP contribution in [0.25, 0.3) is 0 Å². The number of benzene rings is 3. The van der Waals surface area contributed by atoms with Crippen LogP contribution in [0.3, 0.4) is 0 Å². The van der Waals surface area contributed by atoms with Crippen molar-refractivity contribution >= 4 is 46.9 Å². The first kappa shape index (κ1) is 26.4. The van der Waals surface area contributed by atoms with Crippen molar-refractivity contribution in [3.8, 4) is 0 Å². The van der Waals surface area contributed by atoms with E-state index >= 15 is 0 Å². The third-order valence-corrected chi connectivity index (χ3v) is 6.88. The summed E-state index contributed by atoms with van der Waals surface area (Å²) in [5, 5.41) is 37.8. The number of imide groups is 2. The molecule has 5 rings (SSSR count). The zero-order valence-electron chi connectivity index (χ0n) is 20.6. The number of rotatable bonds is 8. The van der Waals surface area contributed by atoms with Crippen LogP contribution in [0.4, 0.5) is 11.4 Å². The number of hydrogen-bond donors (Lipinski definition) is 4. The maximum Gasteiger partial charge on any atom is 0.335 e. The van der Waals surface area contributed by atoms with Gasteiger partial charge in [-0.25, -0.2) is 19.4 Å². The average molecular weight is 544 g/mol. The van der Waals surface area contributed by atoms with Crippen LogP contribution >= 0.6 is 0 Å². The molecule has 0 spiro atoms. The lowest BCUT2D eigenvalue weighted by molar-refractivity contribution is 0.0684. The van der Waals surface area contributed by atoms with E-state index in [4.69, 9.17) is 0 Å². The number of aliphatic hydroxyl groups excluding tert-OH is 2. The van der Waals surface area contributed by atoms with Gasteiger partial charge < -0.3 is 20.4 Å². The van der Waals surface area contributed by atoms with E-state index in [2.05, 4.69) is 0 Å². The van der Waals surface area contributed by atoms with Crippen LogP contribution in [0.1, 0.15) is 73.3 Å². The van der Waals surface area contributed by atoms with E-state index in [1.54, 1.807) is 0 Å². The number of carboxylic acids is 2. The number of aliphatic hydroxyl groups is 2. The molecule has 4 amide bonds. The van der Waals surface area contributed by atoms with E-state index in [9.17, 15) is 49.2 Å². The van der Waals surface area contributed by atoms with Gasteiger partial charge in [0.1, 0.15) is 0 Å². The lowest BCUT2D eigenvalue weighted by Crippen LogP contribution is -2.31. The minimum absolute atomic E-state index is 0.0199. The Morgan fingerprint density at radius 3 is 1.20 bits per heavy atom. The summed E-state index contributed by atoms with van der Waals surface area (Å²) >= 11 is 0. The van der Waals surface area contributed by atoms with Gasteiger partial charge in [0.05, 0.1) is 44.8 Å². The third kappa shape index (κ3) is 3.85. The molecule has 0 unspecified atom stereocenters. The van der Waals surface area contributed by atoms with Gasteiger partial charge in [0.2, 0.25) is 0 Å². The van der Waals surface area contributed by atoms with Gasteiger partial charge in [-0.05, 0) is 72.5 Å². The van der Waals surface area contributed by atoms with Crippen molar-refractivity contribution < 1.29 is 49.2 Å². The van der Waals surface area contributed by atoms with Crippen LogP contribution in [0.2, 0.25) is 0 Å². The summed E-state index contributed by atoms with van der Waals surface area (Å²) in [6.07, 6.45) is -0.309. The van der Waals surface area contributed by atoms with Crippen LogP contribution in [0.5, 0.6) is 0 Å². The number of fused-ring (bicyclic) bond motifs is 2. The van der Waals surface area contributed by atoms with Crippen molar-refractivity contribution in [2.75, 3.05) is 23.0 Å². The Morgan fingerprint density at radius 2 is 0.900 bits per heavy atom. The van der Waals surface area contributed by atoms with Gasteiger partial charge in [-0.3, -0.25) is 19.2 Å². The number of aromatic carboxylic acids is 2. The van der Waals surface area contributed by atoms with Crippen LogP contribution in [-0.4, -0.2) is 69.2 Å². The van der Waals surface area contributed by atoms with E-state index < -0.39 is 48.8 Å². The Hall–Kier alpha value is -5.20. The Balaban J connectivity index is 1.50. The van der Waals surface area contributed by atoms with E-state index in [1.807, 2.05) is 0 Å². The van der Waals surface area contributed by atoms with Crippen molar-refractivity contribution in [3.05, 3.63) is 93.0 Å². The van der Waals surface area contributed by atoms with Crippen molar-refractivity contribution in [3.63, 3.8) is 0 Å². The molecule has 2 aliphatic rings. The quantitative estimate of drug-likeness (QED) is 0.304. The van der Waals surface area contributed by atoms with E-state index in [-0.39, 0.29) is 68.7 Å². The van der Waals surface area contributed by atoms with Gasteiger partial charge in [0.25, 0.3) is 23.6 Å². The molecule has 0 fully saturated rings. The zero-order valence-corrected chi connectivity index (χ0v) is 20.6. The lowest BCUT2D eigenvalue weighted by atomic mass is 9.95. The van der Waals surface area contributed by atoms with Crippen LogP contribution in [0, 0.1) is 0 Å². The summed E-state index contributed by atoms with van der Waals surface area (Å²) in [5.41, 5.74) is -0.428. The van der Waals surface area contributed by atoms with E-state index in [1.165, 1.54) is 48.5 Å². The fourth-order valence-corrected chi connectivity index (χ4v) is 5.15. The highest BCUT2D eigenvalue weighted by Gasteiger charge is 2.42. The van der Waals surface area contributed by atoms with Gasteiger partial charge in [-0.2, -0.15) is 0 Å². The Labute approximate surface area is 225 Å². The molecule has 40 heavy (non-hydrogen) atoms. The molecule has 4 N–H and O–H groups in total. The molecule has 3 aromatic carbocycles. The van der Waals surface area contributed by atoms with E-state index in [0.29, 0.717) is 0 Å². The summed E-state index contributed by atoms with van der Waals surface area (Å²) < 4.78 is 0. The Morgan fingerprint density at radius 1 is 0.550 bits per heavy atom. The molecular formula is C28H20N2O10. The molecule has 0 aliphatic carbocycles. The van der Waals surface area contributed by atoms with Crippen LogP contribution in [0.15, 0.2) is 48.5 Å². The number of carboxylic acid groups (broad SMARTS) is 2. The molecule has 0 saturated carbocycles. The topological polar surface area (TPSA) is 190 Å². The van der Waals surface area contributed by atoms with Crippen LogP contribution < -0.4 is 9.80 Å². The zero-order chi connectivity index (χ0) is 28.9. The smallest absolute Gasteiger partial charge is 0.335 e. The molecule has 0 bridgehead atoms. The van der Waals surface area contributed by atoms with Crippen molar-refractivity contribution in [1.82, 2.24) is 0 Å². The number of carbonyl (C=O) groups excluding carboxylic acids is 4. The first-order valence-electron chi connectivity index (χ1n) is 12.0. The molecule has 12 heteroatoms. The summed E-state index contributed by atoms with van der Waals surface area (Å²) in [4.78, 5) is 77.8. The Bertz CT molecular complexity index is 1540. The number of amides is 4. The maximum absolute atomic E-state index is 13.3. The molecule has 202 valence electrons. The van der Waals surface area contributed by atoms with Gasteiger partial charge in [0.15, 0.2) is 0 Å². The number of carbonyl (C=O) groups is 6. The first-order valence-corrected chi connectivity index (χ1v) is 12.0. The second-order valence-corrected chi connectivity index (χ2v) is 8.99. The standard InChI is InChI=1S/C28H20N2O10/c31-11-9-15-17(27(37)38)5-7-19-21(15)25(35)29(23(19)33)13-1-2-14(4-3-13)30-24(34)20-8-6-18(28(39)40)16(10-12-32)22(20)26(30)36/h1-8,31-32H,9-12H2,(H,37,38)(H,39,40).